The predicted octanol–water partition coefficient (Wildman–Crippen LogP) is 12.9. The lowest BCUT2D eigenvalue weighted by Crippen LogP contribution is -2.33. The summed E-state index contributed by atoms with van der Waals surface area (Å²) >= 11 is 0. The molecule has 0 amide bonds. The molecule has 0 spiro atoms. The molecule has 0 radical (unpaired) electrons. The van der Waals surface area contributed by atoms with Gasteiger partial charge in [-0.3, -0.25) is 0 Å². The molecule has 4 heteroatoms. The number of aromatic nitrogens is 1. The molecule has 1 unspecified atom stereocenters. The zero-order valence-corrected chi connectivity index (χ0v) is 31.0. The number of fused-ring (bicyclic) bond motifs is 7. The Balaban J connectivity index is 1.16. The average molecular weight is 729 g/mol. The minimum absolute atomic E-state index is 0.317. The minimum Gasteiger partial charge on any atom is -0.344 e. The van der Waals surface area contributed by atoms with Crippen LogP contribution in [-0.2, 0) is 0 Å². The lowest BCUT2D eigenvalue weighted by molar-refractivity contribution is 0.674. The number of hydrogen-bond donors (Lipinski definition) is 1. The van der Waals surface area contributed by atoms with Crippen molar-refractivity contribution in [1.82, 2.24) is 9.88 Å². The molecule has 1 N–H and O–H groups in total. The molecule has 57 heavy (non-hydrogen) atoms. The quantitative estimate of drug-likeness (QED) is 0.182. The molecule has 9 aromatic carbocycles. The van der Waals surface area contributed by atoms with E-state index < -0.39 is 0 Å². The molecule has 1 atom stereocenters. The summed E-state index contributed by atoms with van der Waals surface area (Å²) in [6, 6.07) is 73.5. The van der Waals surface area contributed by atoms with Gasteiger partial charge in [0.25, 0.3) is 0 Å². The Morgan fingerprint density at radius 2 is 0.825 bits per heavy atom. The SMILES string of the molecule is c1ccc(C2=NC(c3ccc(-n4c5cc(-c6ccccc6)c6ccccc6c5c5c6ccccc6c(-c6ccccc6)cc54)cc3)NC(c3ccccc3)=N2)cc1. The van der Waals surface area contributed by atoms with Gasteiger partial charge in [0.2, 0.25) is 0 Å². The van der Waals surface area contributed by atoms with Crippen molar-refractivity contribution in [3.05, 3.63) is 223 Å². The maximum Gasteiger partial charge on any atom is 0.159 e. The van der Waals surface area contributed by atoms with Crippen LogP contribution in [0.3, 0.4) is 0 Å². The van der Waals surface area contributed by atoms with E-state index >= 15 is 0 Å². The molecule has 0 aliphatic carbocycles. The van der Waals surface area contributed by atoms with Crippen LogP contribution in [0.15, 0.2) is 216 Å². The minimum atomic E-state index is -0.317. The number of amidine groups is 2. The van der Waals surface area contributed by atoms with Crippen LogP contribution < -0.4 is 5.32 Å². The number of benzene rings is 9. The van der Waals surface area contributed by atoms with Crippen LogP contribution in [0.2, 0.25) is 0 Å². The van der Waals surface area contributed by atoms with E-state index in [0.717, 1.165) is 28.2 Å². The van der Waals surface area contributed by atoms with Crippen molar-refractivity contribution in [3.63, 3.8) is 0 Å². The molecule has 10 aromatic rings. The highest BCUT2D eigenvalue weighted by Crippen LogP contribution is 2.46. The summed E-state index contributed by atoms with van der Waals surface area (Å²) in [4.78, 5) is 10.2. The predicted molar refractivity (Wildman–Crippen MR) is 238 cm³/mol. The van der Waals surface area contributed by atoms with Crippen molar-refractivity contribution in [2.45, 2.75) is 6.17 Å². The third-order valence-corrected chi connectivity index (χ3v) is 11.2. The van der Waals surface area contributed by atoms with Crippen molar-refractivity contribution >= 4 is 55.0 Å². The van der Waals surface area contributed by atoms with Gasteiger partial charge in [0, 0.05) is 27.6 Å². The summed E-state index contributed by atoms with van der Waals surface area (Å²) in [5.74, 6) is 1.52. The summed E-state index contributed by atoms with van der Waals surface area (Å²) in [7, 11) is 0. The van der Waals surface area contributed by atoms with Crippen LogP contribution in [0.25, 0.3) is 71.3 Å². The molecule has 0 fully saturated rings. The van der Waals surface area contributed by atoms with Crippen LogP contribution in [0.1, 0.15) is 22.9 Å². The van der Waals surface area contributed by atoms with Crippen molar-refractivity contribution in [2.24, 2.45) is 9.98 Å². The largest absolute Gasteiger partial charge is 0.344 e. The fraction of sp³-hybridized carbons (Fsp3) is 0.0189. The van der Waals surface area contributed by atoms with Crippen molar-refractivity contribution in [1.29, 1.82) is 0 Å². The Morgan fingerprint density at radius 1 is 0.404 bits per heavy atom. The Morgan fingerprint density at radius 3 is 1.32 bits per heavy atom. The van der Waals surface area contributed by atoms with E-state index in [1.807, 2.05) is 36.4 Å². The molecular weight excluding hydrogens is 693 g/mol. The fourth-order valence-corrected chi connectivity index (χ4v) is 8.61. The monoisotopic (exact) mass is 728 g/mol. The number of aliphatic imine (C=N–C) groups is 2. The van der Waals surface area contributed by atoms with Gasteiger partial charge >= 0.3 is 0 Å². The zero-order chi connectivity index (χ0) is 37.7. The van der Waals surface area contributed by atoms with Gasteiger partial charge < -0.3 is 9.88 Å². The van der Waals surface area contributed by atoms with E-state index in [4.69, 9.17) is 9.98 Å². The first kappa shape index (κ1) is 32.8. The molecule has 268 valence electrons. The second-order valence-corrected chi connectivity index (χ2v) is 14.6. The summed E-state index contributed by atoms with van der Waals surface area (Å²) in [6.45, 7) is 0. The van der Waals surface area contributed by atoms with Gasteiger partial charge in [0.05, 0.1) is 11.0 Å². The third-order valence-electron chi connectivity index (χ3n) is 11.2. The van der Waals surface area contributed by atoms with Crippen LogP contribution in [0, 0.1) is 0 Å². The van der Waals surface area contributed by atoms with Crippen molar-refractivity contribution in [2.75, 3.05) is 0 Å². The van der Waals surface area contributed by atoms with E-state index in [0.29, 0.717) is 5.84 Å². The van der Waals surface area contributed by atoms with Gasteiger partial charge in [0.1, 0.15) is 12.0 Å². The molecule has 2 heterocycles. The maximum absolute atomic E-state index is 5.16. The highest BCUT2D eigenvalue weighted by Gasteiger charge is 2.24. The summed E-state index contributed by atoms with van der Waals surface area (Å²) in [6.07, 6.45) is -0.317. The van der Waals surface area contributed by atoms with Gasteiger partial charge in [0.15, 0.2) is 5.84 Å². The molecule has 1 aromatic heterocycles. The Hall–Kier alpha value is -7.56. The summed E-state index contributed by atoms with van der Waals surface area (Å²) < 4.78 is 2.47. The van der Waals surface area contributed by atoms with Gasteiger partial charge in [-0.2, -0.15) is 0 Å². The van der Waals surface area contributed by atoms with Crippen LogP contribution in [-0.4, -0.2) is 16.2 Å². The van der Waals surface area contributed by atoms with Crippen LogP contribution in [0.4, 0.5) is 0 Å². The highest BCUT2D eigenvalue weighted by atomic mass is 15.2. The van der Waals surface area contributed by atoms with Crippen LogP contribution >= 0.6 is 0 Å². The lowest BCUT2D eigenvalue weighted by Gasteiger charge is -2.24. The third kappa shape index (κ3) is 5.61. The summed E-state index contributed by atoms with van der Waals surface area (Å²) in [5.41, 5.74) is 11.3. The molecule has 11 rings (SSSR count). The van der Waals surface area contributed by atoms with E-state index in [2.05, 4.69) is 180 Å². The number of rotatable bonds is 6. The number of nitrogens with zero attached hydrogens (tertiary/aromatic N) is 3. The smallest absolute Gasteiger partial charge is 0.159 e. The topological polar surface area (TPSA) is 41.7 Å². The summed E-state index contributed by atoms with van der Waals surface area (Å²) in [5, 5.41) is 11.1. The fourth-order valence-electron chi connectivity index (χ4n) is 8.61. The highest BCUT2D eigenvalue weighted by molar-refractivity contribution is 6.31. The van der Waals surface area contributed by atoms with E-state index in [1.165, 1.54) is 65.6 Å². The molecule has 1 aliphatic rings. The van der Waals surface area contributed by atoms with Crippen molar-refractivity contribution < 1.29 is 0 Å². The van der Waals surface area contributed by atoms with E-state index in [9.17, 15) is 0 Å². The first-order valence-electron chi connectivity index (χ1n) is 19.5. The Bertz CT molecular complexity index is 3030. The molecule has 0 saturated carbocycles. The van der Waals surface area contributed by atoms with Gasteiger partial charge in [-0.1, -0.05) is 182 Å². The molecule has 1 aliphatic heterocycles. The molecular formula is C53H36N4. The van der Waals surface area contributed by atoms with E-state index in [-0.39, 0.29) is 6.17 Å². The van der Waals surface area contributed by atoms with E-state index in [1.54, 1.807) is 0 Å². The number of nitrogens with one attached hydrogen (secondary N) is 1. The average Bonchev–Trinajstić information content (AvgIpc) is 3.64. The van der Waals surface area contributed by atoms with Gasteiger partial charge in [-0.15, -0.1) is 0 Å². The molecule has 0 bridgehead atoms. The van der Waals surface area contributed by atoms with Gasteiger partial charge in [-0.25, -0.2) is 9.98 Å². The Labute approximate surface area is 330 Å². The maximum atomic E-state index is 5.16. The Kier molecular flexibility index (Phi) is 7.85. The first-order valence-corrected chi connectivity index (χ1v) is 19.5. The standard InChI is InChI=1S/C53H36N4/c1-5-17-35(18-6-1)45-33-47-49(43-27-15-13-25-41(43)45)50-44-28-16-14-26-42(44)46(36-19-7-2-8-20-36)34-48(50)57(47)40-31-29-39(30-32-40)53-55-51(37-21-9-3-10-22-37)54-52(56-53)38-23-11-4-12-24-38/h1-34,53H,(H,54,55,56). The molecule has 0 saturated heterocycles. The zero-order valence-electron chi connectivity index (χ0n) is 31.0. The van der Waals surface area contributed by atoms with Crippen LogP contribution in [0.5, 0.6) is 0 Å². The first-order chi connectivity index (χ1) is 28.3. The second-order valence-electron chi connectivity index (χ2n) is 14.6. The second kappa shape index (κ2) is 13.6. The van der Waals surface area contributed by atoms with Gasteiger partial charge in [-0.05, 0) is 73.6 Å². The normalized spacial score (nSPS) is 14.1. The van der Waals surface area contributed by atoms with Crippen molar-refractivity contribution in [3.8, 4) is 27.9 Å². The number of hydrogen-bond acceptors (Lipinski definition) is 3. The molecule has 4 nitrogen and oxygen atoms in total. The lowest BCUT2D eigenvalue weighted by atomic mass is 9.92.